The summed E-state index contributed by atoms with van der Waals surface area (Å²) in [5.41, 5.74) is 6.04. The standard InChI is InChI=1S/C13H12N2O.C2HF3O2/c14-5-6-16-13-4-3-11-7-10(9-15)1-2-12(11)8-13;3-2(4,5)1(6)7/h1-4,7-8H,5-6,14H2;(H,6,7). The number of nitriles is 1. The third-order valence-electron chi connectivity index (χ3n) is 2.57. The van der Waals surface area contributed by atoms with Crippen LogP contribution in [0.4, 0.5) is 13.2 Å². The third kappa shape index (κ3) is 5.84. The van der Waals surface area contributed by atoms with E-state index in [1.807, 2.05) is 30.3 Å². The summed E-state index contributed by atoms with van der Waals surface area (Å²) in [6, 6.07) is 13.5. The van der Waals surface area contributed by atoms with Crippen molar-refractivity contribution in [2.75, 3.05) is 13.2 Å². The Morgan fingerprint density at radius 3 is 2.30 bits per heavy atom. The number of halogens is 3. The average Bonchev–Trinajstić information content (AvgIpc) is 2.51. The molecule has 0 aliphatic rings. The van der Waals surface area contributed by atoms with Crippen molar-refractivity contribution in [2.24, 2.45) is 5.73 Å². The lowest BCUT2D eigenvalue weighted by atomic mass is 10.1. The smallest absolute Gasteiger partial charge is 0.490 e. The SMILES string of the molecule is N#Cc1ccc2cc(OCCN)ccc2c1.O=C(O)C(F)(F)F. The molecule has 0 aliphatic heterocycles. The summed E-state index contributed by atoms with van der Waals surface area (Å²) >= 11 is 0. The maximum Gasteiger partial charge on any atom is 0.490 e. The first kappa shape index (κ1) is 18.3. The number of ether oxygens (including phenoxy) is 1. The van der Waals surface area contributed by atoms with Gasteiger partial charge in [0.1, 0.15) is 12.4 Å². The first-order chi connectivity index (χ1) is 10.8. The molecule has 23 heavy (non-hydrogen) atoms. The molecule has 5 nitrogen and oxygen atoms in total. The molecule has 3 N–H and O–H groups in total. The number of aliphatic carboxylic acids is 1. The summed E-state index contributed by atoms with van der Waals surface area (Å²) < 4.78 is 37.2. The van der Waals surface area contributed by atoms with Crippen molar-refractivity contribution in [1.29, 1.82) is 5.26 Å². The molecule has 0 aliphatic carbocycles. The lowest BCUT2D eigenvalue weighted by Gasteiger charge is -2.05. The minimum absolute atomic E-state index is 0.505. The van der Waals surface area contributed by atoms with E-state index >= 15 is 0 Å². The van der Waals surface area contributed by atoms with Gasteiger partial charge in [-0.15, -0.1) is 0 Å². The van der Waals surface area contributed by atoms with E-state index in [4.69, 9.17) is 25.6 Å². The second kappa shape index (κ2) is 8.00. The van der Waals surface area contributed by atoms with Crippen molar-refractivity contribution in [3.8, 4) is 11.8 Å². The first-order valence-corrected chi connectivity index (χ1v) is 6.35. The summed E-state index contributed by atoms with van der Waals surface area (Å²) in [4.78, 5) is 8.90. The van der Waals surface area contributed by atoms with E-state index in [9.17, 15) is 13.2 Å². The second-order valence-electron chi connectivity index (χ2n) is 4.28. The highest BCUT2D eigenvalue weighted by molar-refractivity contribution is 5.85. The van der Waals surface area contributed by atoms with Crippen LogP contribution >= 0.6 is 0 Å². The number of hydrogen-bond donors (Lipinski definition) is 2. The maximum absolute atomic E-state index is 10.6. The van der Waals surface area contributed by atoms with Crippen LogP contribution in [0, 0.1) is 11.3 Å². The molecular weight excluding hydrogens is 313 g/mol. The third-order valence-corrected chi connectivity index (χ3v) is 2.57. The van der Waals surface area contributed by atoms with Crippen LogP contribution in [0.1, 0.15) is 5.56 Å². The number of benzene rings is 2. The normalized spacial score (nSPS) is 10.4. The molecule has 0 amide bonds. The van der Waals surface area contributed by atoms with E-state index in [-0.39, 0.29) is 0 Å². The van der Waals surface area contributed by atoms with Gasteiger partial charge in [0.2, 0.25) is 0 Å². The van der Waals surface area contributed by atoms with Gasteiger partial charge in [0.05, 0.1) is 11.6 Å². The zero-order valence-electron chi connectivity index (χ0n) is 11.8. The molecule has 0 spiro atoms. The molecule has 2 aromatic rings. The Morgan fingerprint density at radius 1 is 1.22 bits per heavy atom. The Bertz CT molecular complexity index is 724. The Labute approximate surface area is 129 Å². The number of hydrogen-bond acceptors (Lipinski definition) is 4. The Morgan fingerprint density at radius 2 is 1.78 bits per heavy atom. The molecule has 0 radical (unpaired) electrons. The van der Waals surface area contributed by atoms with E-state index in [1.54, 1.807) is 6.07 Å². The average molecular weight is 326 g/mol. The number of nitrogens with zero attached hydrogens (tertiary/aromatic N) is 1. The van der Waals surface area contributed by atoms with Crippen LogP contribution in [0.3, 0.4) is 0 Å². The monoisotopic (exact) mass is 326 g/mol. The van der Waals surface area contributed by atoms with Gasteiger partial charge in [-0.05, 0) is 35.0 Å². The van der Waals surface area contributed by atoms with Gasteiger partial charge < -0.3 is 15.6 Å². The van der Waals surface area contributed by atoms with Gasteiger partial charge in [-0.2, -0.15) is 18.4 Å². The fourth-order valence-corrected chi connectivity index (χ4v) is 1.56. The minimum Gasteiger partial charge on any atom is -0.492 e. The van der Waals surface area contributed by atoms with Gasteiger partial charge in [0, 0.05) is 6.54 Å². The van der Waals surface area contributed by atoms with Crippen molar-refractivity contribution >= 4 is 16.7 Å². The molecule has 2 rings (SSSR count). The number of carboxylic acids is 1. The van der Waals surface area contributed by atoms with E-state index < -0.39 is 12.1 Å². The van der Waals surface area contributed by atoms with Crippen LogP contribution in [0.15, 0.2) is 36.4 Å². The van der Waals surface area contributed by atoms with Crippen LogP contribution in [0.5, 0.6) is 5.75 Å². The van der Waals surface area contributed by atoms with E-state index in [1.165, 1.54) is 0 Å². The second-order valence-corrected chi connectivity index (χ2v) is 4.28. The van der Waals surface area contributed by atoms with E-state index in [2.05, 4.69) is 6.07 Å². The van der Waals surface area contributed by atoms with Gasteiger partial charge in [-0.3, -0.25) is 0 Å². The largest absolute Gasteiger partial charge is 0.492 e. The molecule has 0 unspecified atom stereocenters. The summed E-state index contributed by atoms with van der Waals surface area (Å²) in [6.45, 7) is 1.02. The molecule has 0 aromatic heterocycles. The van der Waals surface area contributed by atoms with Gasteiger partial charge in [-0.25, -0.2) is 4.79 Å². The zero-order valence-corrected chi connectivity index (χ0v) is 11.8. The highest BCUT2D eigenvalue weighted by atomic mass is 19.4. The van der Waals surface area contributed by atoms with Crippen LogP contribution in [0.2, 0.25) is 0 Å². The Kier molecular flexibility index (Phi) is 6.35. The highest BCUT2D eigenvalue weighted by Crippen LogP contribution is 2.21. The molecule has 0 heterocycles. The lowest BCUT2D eigenvalue weighted by molar-refractivity contribution is -0.192. The van der Waals surface area contributed by atoms with Gasteiger partial charge >= 0.3 is 12.1 Å². The van der Waals surface area contributed by atoms with Gasteiger partial charge in [0.25, 0.3) is 0 Å². The van der Waals surface area contributed by atoms with Crippen LogP contribution in [-0.4, -0.2) is 30.4 Å². The van der Waals surface area contributed by atoms with Crippen molar-refractivity contribution in [3.63, 3.8) is 0 Å². The summed E-state index contributed by atoms with van der Waals surface area (Å²) in [5, 5.41) is 18.0. The Hall–Kier alpha value is -2.79. The van der Waals surface area contributed by atoms with Gasteiger partial charge in [-0.1, -0.05) is 12.1 Å². The molecule has 2 aromatic carbocycles. The molecule has 8 heteroatoms. The zero-order chi connectivity index (χ0) is 17.5. The first-order valence-electron chi connectivity index (χ1n) is 6.35. The molecule has 0 atom stereocenters. The van der Waals surface area contributed by atoms with Gasteiger partial charge in [0.15, 0.2) is 0 Å². The number of carboxylic acid groups (broad SMARTS) is 1. The summed E-state index contributed by atoms with van der Waals surface area (Å²) in [5.74, 6) is -1.95. The van der Waals surface area contributed by atoms with Crippen LogP contribution in [0.25, 0.3) is 10.8 Å². The molecule has 122 valence electrons. The fourth-order valence-electron chi connectivity index (χ4n) is 1.56. The maximum atomic E-state index is 10.6. The summed E-state index contributed by atoms with van der Waals surface area (Å²) in [6.07, 6.45) is -5.08. The topological polar surface area (TPSA) is 96.3 Å². The fraction of sp³-hybridized carbons (Fsp3) is 0.200. The van der Waals surface area contributed by atoms with Crippen molar-refractivity contribution in [1.82, 2.24) is 0 Å². The van der Waals surface area contributed by atoms with Crippen molar-refractivity contribution < 1.29 is 27.8 Å². The number of rotatable bonds is 3. The van der Waals surface area contributed by atoms with Crippen molar-refractivity contribution in [3.05, 3.63) is 42.0 Å². The predicted molar refractivity (Wildman–Crippen MR) is 76.9 cm³/mol. The van der Waals surface area contributed by atoms with Crippen LogP contribution < -0.4 is 10.5 Å². The molecule has 0 fully saturated rings. The number of fused-ring (bicyclic) bond motifs is 1. The quantitative estimate of drug-likeness (QED) is 0.904. The molecule has 0 bridgehead atoms. The number of alkyl halides is 3. The highest BCUT2D eigenvalue weighted by Gasteiger charge is 2.38. The number of carbonyl (C=O) groups is 1. The predicted octanol–water partition coefficient (Wildman–Crippen LogP) is 2.68. The number of nitrogens with two attached hydrogens (primary N) is 1. The molecule has 0 saturated heterocycles. The minimum atomic E-state index is -5.08. The summed E-state index contributed by atoms with van der Waals surface area (Å²) in [7, 11) is 0. The van der Waals surface area contributed by atoms with E-state index in [0.717, 1.165) is 16.5 Å². The molecule has 0 saturated carbocycles. The molecular formula is C15H13F3N2O3. The van der Waals surface area contributed by atoms with Crippen molar-refractivity contribution in [2.45, 2.75) is 6.18 Å². The van der Waals surface area contributed by atoms with E-state index in [0.29, 0.717) is 18.7 Å². The lowest BCUT2D eigenvalue weighted by Crippen LogP contribution is -2.21. The Balaban J connectivity index is 0.000000322. The van der Waals surface area contributed by atoms with Crippen LogP contribution in [-0.2, 0) is 4.79 Å².